The molecule has 4 aromatic rings. The Bertz CT molecular complexity index is 1290. The molecular weight excluding hydrogens is 432 g/mol. The van der Waals surface area contributed by atoms with Crippen LogP contribution in [0.1, 0.15) is 30.0 Å². The van der Waals surface area contributed by atoms with Gasteiger partial charge in [0.15, 0.2) is 5.76 Å². The molecule has 0 radical (unpaired) electrons. The topological polar surface area (TPSA) is 85.8 Å². The first-order chi connectivity index (χ1) is 16.5. The van der Waals surface area contributed by atoms with Crippen molar-refractivity contribution in [1.82, 2.24) is 4.90 Å². The number of hydrogen-bond donors (Lipinski definition) is 0. The first-order valence-corrected chi connectivity index (χ1v) is 11.3. The monoisotopic (exact) mass is 458 g/mol. The Morgan fingerprint density at radius 1 is 0.971 bits per heavy atom. The second-order valence-electron chi connectivity index (χ2n) is 7.81. The molecule has 0 unspecified atom stereocenters. The largest absolute Gasteiger partial charge is 0.492 e. The van der Waals surface area contributed by atoms with Crippen LogP contribution >= 0.6 is 0 Å². The van der Waals surface area contributed by atoms with Crippen LogP contribution in [-0.4, -0.2) is 41.8 Å². The van der Waals surface area contributed by atoms with Gasteiger partial charge in [0.1, 0.15) is 23.3 Å². The van der Waals surface area contributed by atoms with Gasteiger partial charge in [-0.2, -0.15) is 0 Å². The van der Waals surface area contributed by atoms with Gasteiger partial charge in [-0.05, 0) is 49.0 Å². The van der Waals surface area contributed by atoms with Gasteiger partial charge in [0.2, 0.25) is 5.78 Å². The van der Waals surface area contributed by atoms with Crippen LogP contribution in [0, 0.1) is 10.1 Å². The van der Waals surface area contributed by atoms with Crippen molar-refractivity contribution >= 4 is 22.4 Å². The maximum absolute atomic E-state index is 13.5. The maximum Gasteiger partial charge on any atom is 0.281 e. The molecule has 7 nitrogen and oxygen atoms in total. The maximum atomic E-state index is 13.5. The van der Waals surface area contributed by atoms with Gasteiger partial charge in [-0.25, -0.2) is 0 Å². The number of nitro groups is 1. The van der Waals surface area contributed by atoms with Crippen LogP contribution < -0.4 is 4.74 Å². The highest BCUT2D eigenvalue weighted by Crippen LogP contribution is 2.40. The normalized spacial score (nSPS) is 11.1. The number of benzene rings is 3. The van der Waals surface area contributed by atoms with Crippen LogP contribution in [-0.2, 0) is 0 Å². The average molecular weight is 459 g/mol. The number of fused-ring (bicyclic) bond motifs is 1. The summed E-state index contributed by atoms with van der Waals surface area (Å²) in [6.07, 6.45) is 0. The molecule has 0 aliphatic heterocycles. The third-order valence-electron chi connectivity index (χ3n) is 5.85. The Labute approximate surface area is 197 Å². The number of furan rings is 1. The lowest BCUT2D eigenvalue weighted by Gasteiger charge is -2.18. The molecule has 3 aromatic carbocycles. The van der Waals surface area contributed by atoms with E-state index in [-0.39, 0.29) is 17.2 Å². The molecule has 0 fully saturated rings. The van der Waals surface area contributed by atoms with Gasteiger partial charge in [0.05, 0.1) is 4.92 Å². The SMILES string of the molecule is CCN(CC)CCOc1ccc(C(=O)c2oc3cccc([N+](=O)[O-])c3c2-c2ccccc2)cc1. The first kappa shape index (κ1) is 23.2. The molecule has 4 rings (SSSR count). The molecule has 0 aliphatic carbocycles. The number of carbonyl (C=O) groups excluding carboxylic acids is 1. The van der Waals surface area contributed by atoms with Crippen LogP contribution in [0.5, 0.6) is 5.75 Å². The predicted molar refractivity (Wildman–Crippen MR) is 131 cm³/mol. The fourth-order valence-corrected chi connectivity index (χ4v) is 3.99. The van der Waals surface area contributed by atoms with E-state index in [1.165, 1.54) is 6.07 Å². The van der Waals surface area contributed by atoms with E-state index in [0.717, 1.165) is 19.6 Å². The van der Waals surface area contributed by atoms with Crippen LogP contribution in [0.2, 0.25) is 0 Å². The minimum atomic E-state index is -0.455. The summed E-state index contributed by atoms with van der Waals surface area (Å²) in [5.41, 5.74) is 1.71. The van der Waals surface area contributed by atoms with Gasteiger partial charge in [-0.1, -0.05) is 50.2 Å². The molecule has 0 aliphatic rings. The number of ketones is 1. The third kappa shape index (κ3) is 4.70. The zero-order chi connectivity index (χ0) is 24.1. The smallest absolute Gasteiger partial charge is 0.281 e. The first-order valence-electron chi connectivity index (χ1n) is 11.3. The quantitative estimate of drug-likeness (QED) is 0.166. The Morgan fingerprint density at radius 2 is 1.68 bits per heavy atom. The molecule has 34 heavy (non-hydrogen) atoms. The minimum absolute atomic E-state index is 0.0747. The van der Waals surface area contributed by atoms with Crippen molar-refractivity contribution in [2.45, 2.75) is 13.8 Å². The Balaban J connectivity index is 1.68. The molecule has 0 atom stereocenters. The lowest BCUT2D eigenvalue weighted by atomic mass is 9.97. The summed E-state index contributed by atoms with van der Waals surface area (Å²) in [4.78, 5) is 27.0. The minimum Gasteiger partial charge on any atom is -0.492 e. The summed E-state index contributed by atoms with van der Waals surface area (Å²) < 4.78 is 11.7. The van der Waals surface area contributed by atoms with E-state index in [1.807, 2.05) is 30.3 Å². The average Bonchev–Trinajstić information content (AvgIpc) is 3.27. The lowest BCUT2D eigenvalue weighted by molar-refractivity contribution is -0.383. The molecule has 0 saturated heterocycles. The molecule has 0 spiro atoms. The van der Waals surface area contributed by atoms with E-state index in [9.17, 15) is 14.9 Å². The van der Waals surface area contributed by atoms with Gasteiger partial charge >= 0.3 is 0 Å². The fourth-order valence-electron chi connectivity index (χ4n) is 3.99. The second kappa shape index (κ2) is 10.3. The molecule has 0 amide bonds. The van der Waals surface area contributed by atoms with Gasteiger partial charge in [0, 0.05) is 23.7 Å². The van der Waals surface area contributed by atoms with Crippen LogP contribution in [0.15, 0.2) is 77.2 Å². The molecule has 1 aromatic heterocycles. The van der Waals surface area contributed by atoms with Crippen molar-refractivity contribution in [2.75, 3.05) is 26.2 Å². The van der Waals surface area contributed by atoms with Crippen molar-refractivity contribution in [3.05, 3.63) is 94.2 Å². The van der Waals surface area contributed by atoms with Crippen LogP contribution in [0.3, 0.4) is 0 Å². The number of carbonyl (C=O) groups is 1. The van der Waals surface area contributed by atoms with Crippen LogP contribution in [0.25, 0.3) is 22.1 Å². The van der Waals surface area contributed by atoms with Gasteiger partial charge < -0.3 is 14.1 Å². The molecule has 0 bridgehead atoms. The predicted octanol–water partition coefficient (Wildman–Crippen LogP) is 5.96. The summed E-state index contributed by atoms with van der Waals surface area (Å²) in [7, 11) is 0. The summed E-state index contributed by atoms with van der Waals surface area (Å²) in [6, 6.07) is 20.6. The molecule has 0 saturated carbocycles. The Morgan fingerprint density at radius 3 is 2.32 bits per heavy atom. The van der Waals surface area contributed by atoms with Crippen molar-refractivity contribution in [3.63, 3.8) is 0 Å². The van der Waals surface area contributed by atoms with E-state index >= 15 is 0 Å². The van der Waals surface area contributed by atoms with Crippen molar-refractivity contribution < 1.29 is 18.9 Å². The van der Waals surface area contributed by atoms with Gasteiger partial charge in [-0.3, -0.25) is 14.9 Å². The van der Waals surface area contributed by atoms with E-state index in [4.69, 9.17) is 9.15 Å². The Kier molecular flexibility index (Phi) is 7.04. The van der Waals surface area contributed by atoms with Gasteiger partial charge in [0.25, 0.3) is 5.69 Å². The molecular formula is C27H26N2O5. The molecule has 7 heteroatoms. The summed E-state index contributed by atoms with van der Waals surface area (Å²) in [5, 5.41) is 12.0. The third-order valence-corrected chi connectivity index (χ3v) is 5.85. The number of hydrogen-bond acceptors (Lipinski definition) is 6. The van der Waals surface area contributed by atoms with E-state index in [0.29, 0.717) is 40.0 Å². The molecule has 0 N–H and O–H groups in total. The zero-order valence-corrected chi connectivity index (χ0v) is 19.2. The summed E-state index contributed by atoms with van der Waals surface area (Å²) in [6.45, 7) is 7.53. The van der Waals surface area contributed by atoms with Crippen molar-refractivity contribution in [2.24, 2.45) is 0 Å². The Hall–Kier alpha value is -3.97. The highest BCUT2D eigenvalue weighted by Gasteiger charge is 2.28. The number of ether oxygens (including phenoxy) is 1. The van der Waals surface area contributed by atoms with Crippen molar-refractivity contribution in [3.8, 4) is 16.9 Å². The zero-order valence-electron chi connectivity index (χ0n) is 19.2. The summed E-state index contributed by atoms with van der Waals surface area (Å²) in [5.74, 6) is 0.400. The van der Waals surface area contributed by atoms with Gasteiger partial charge in [-0.15, -0.1) is 0 Å². The lowest BCUT2D eigenvalue weighted by Crippen LogP contribution is -2.27. The number of nitro benzene ring substituents is 1. The number of rotatable bonds is 10. The van der Waals surface area contributed by atoms with Crippen LogP contribution in [0.4, 0.5) is 5.69 Å². The summed E-state index contributed by atoms with van der Waals surface area (Å²) >= 11 is 0. The van der Waals surface area contributed by atoms with E-state index in [2.05, 4.69) is 18.7 Å². The molecule has 174 valence electrons. The van der Waals surface area contributed by atoms with E-state index in [1.54, 1.807) is 36.4 Å². The van der Waals surface area contributed by atoms with Crippen molar-refractivity contribution in [1.29, 1.82) is 0 Å². The fraction of sp³-hybridized carbons (Fsp3) is 0.222. The molecule has 1 heterocycles. The number of likely N-dealkylation sites (N-methyl/N-ethyl adjacent to an activating group) is 1. The highest BCUT2D eigenvalue weighted by molar-refractivity contribution is 6.17. The number of nitrogens with zero attached hydrogens (tertiary/aromatic N) is 2. The highest BCUT2D eigenvalue weighted by atomic mass is 16.6. The standard InChI is InChI=1S/C27H26N2O5/c1-3-28(4-2)17-18-33-21-15-13-20(14-16-21)26(30)27-24(19-9-6-5-7-10-19)25-22(29(31)32)11-8-12-23(25)34-27/h5-16H,3-4,17-18H2,1-2H3. The second-order valence-corrected chi connectivity index (χ2v) is 7.81. The number of non-ortho nitro benzene ring substituents is 1. The van der Waals surface area contributed by atoms with E-state index < -0.39 is 4.92 Å².